The molecule has 132 valence electrons. The van der Waals surface area contributed by atoms with E-state index in [1.807, 2.05) is 17.9 Å². The molecule has 3 fully saturated rings. The van der Waals surface area contributed by atoms with Crippen molar-refractivity contribution in [2.24, 2.45) is 11.3 Å². The summed E-state index contributed by atoms with van der Waals surface area (Å²) in [5.41, 5.74) is -0.0529. The SMILES string of the molecule is Cc1ccc(C(=O)N2CC[C@@H]3OCCC[C@@]3(COCC3CC3)C2)o1. The lowest BCUT2D eigenvalue weighted by Crippen LogP contribution is -2.58. The minimum Gasteiger partial charge on any atom is -0.456 e. The van der Waals surface area contributed by atoms with Gasteiger partial charge >= 0.3 is 0 Å². The van der Waals surface area contributed by atoms with Crippen LogP contribution in [-0.4, -0.2) is 49.8 Å². The third kappa shape index (κ3) is 3.24. The number of fused-ring (bicyclic) bond motifs is 1. The normalized spacial score (nSPS) is 30.2. The van der Waals surface area contributed by atoms with Gasteiger partial charge in [-0.2, -0.15) is 0 Å². The van der Waals surface area contributed by atoms with Gasteiger partial charge < -0.3 is 18.8 Å². The van der Waals surface area contributed by atoms with Crippen molar-refractivity contribution in [2.75, 3.05) is 32.9 Å². The molecular weight excluding hydrogens is 306 g/mol. The van der Waals surface area contributed by atoms with Crippen molar-refractivity contribution in [3.63, 3.8) is 0 Å². The number of ether oxygens (including phenoxy) is 2. The Labute approximate surface area is 143 Å². The van der Waals surface area contributed by atoms with Crippen molar-refractivity contribution < 1.29 is 18.7 Å². The van der Waals surface area contributed by atoms with Crippen molar-refractivity contribution in [1.82, 2.24) is 4.90 Å². The van der Waals surface area contributed by atoms with Crippen molar-refractivity contribution in [3.05, 3.63) is 23.7 Å². The Balaban J connectivity index is 1.46. The van der Waals surface area contributed by atoms with Crippen LogP contribution >= 0.6 is 0 Å². The quantitative estimate of drug-likeness (QED) is 0.831. The van der Waals surface area contributed by atoms with Crippen LogP contribution in [0.15, 0.2) is 16.5 Å². The first-order valence-corrected chi connectivity index (χ1v) is 9.21. The summed E-state index contributed by atoms with van der Waals surface area (Å²) in [5.74, 6) is 1.97. The van der Waals surface area contributed by atoms with Gasteiger partial charge in [0.25, 0.3) is 5.91 Å². The fourth-order valence-corrected chi connectivity index (χ4v) is 4.09. The van der Waals surface area contributed by atoms with E-state index in [2.05, 4.69) is 0 Å². The molecule has 3 aliphatic rings. The third-order valence-electron chi connectivity index (χ3n) is 5.67. The van der Waals surface area contributed by atoms with Crippen LogP contribution in [0.5, 0.6) is 0 Å². The number of aryl methyl sites for hydroxylation is 1. The molecule has 1 aromatic rings. The Kier molecular flexibility index (Phi) is 4.39. The summed E-state index contributed by atoms with van der Waals surface area (Å²) in [7, 11) is 0. The second kappa shape index (κ2) is 6.52. The van der Waals surface area contributed by atoms with Gasteiger partial charge in [0.1, 0.15) is 5.76 Å². The maximum Gasteiger partial charge on any atom is 0.289 e. The van der Waals surface area contributed by atoms with Crippen molar-refractivity contribution in [1.29, 1.82) is 0 Å². The van der Waals surface area contributed by atoms with Gasteiger partial charge in [-0.15, -0.1) is 0 Å². The highest BCUT2D eigenvalue weighted by molar-refractivity contribution is 5.91. The highest BCUT2D eigenvalue weighted by atomic mass is 16.5. The fourth-order valence-electron chi connectivity index (χ4n) is 4.09. The first kappa shape index (κ1) is 16.2. The maximum absolute atomic E-state index is 12.8. The lowest BCUT2D eigenvalue weighted by Gasteiger charge is -2.50. The molecule has 5 heteroatoms. The standard InChI is InChI=1S/C19H27NO4/c1-14-3-6-16(24-14)18(21)20-9-7-17-19(12-20,8-2-10-23-17)13-22-11-15-4-5-15/h3,6,15,17H,2,4-5,7-13H2,1H3/t17-,19-/m0/s1. The van der Waals surface area contributed by atoms with E-state index < -0.39 is 0 Å². The molecule has 1 saturated carbocycles. The van der Waals surface area contributed by atoms with Gasteiger partial charge in [-0.3, -0.25) is 4.79 Å². The average molecular weight is 333 g/mol. The van der Waals surface area contributed by atoms with Gasteiger partial charge in [0.05, 0.1) is 12.7 Å². The topological polar surface area (TPSA) is 51.9 Å². The molecule has 0 aromatic carbocycles. The zero-order valence-corrected chi connectivity index (χ0v) is 14.5. The van der Waals surface area contributed by atoms with Crippen LogP contribution in [0.2, 0.25) is 0 Å². The number of likely N-dealkylation sites (tertiary alicyclic amines) is 1. The van der Waals surface area contributed by atoms with E-state index in [1.54, 1.807) is 6.07 Å². The predicted octanol–water partition coefficient (Wildman–Crippen LogP) is 3.03. The minimum atomic E-state index is -0.0529. The molecule has 0 N–H and O–H groups in total. The summed E-state index contributed by atoms with van der Waals surface area (Å²) in [6.45, 7) is 5.70. The minimum absolute atomic E-state index is 0.00584. The molecule has 0 radical (unpaired) electrons. The predicted molar refractivity (Wildman–Crippen MR) is 88.9 cm³/mol. The summed E-state index contributed by atoms with van der Waals surface area (Å²) in [6, 6.07) is 3.62. The van der Waals surface area contributed by atoms with Crippen LogP contribution in [0.4, 0.5) is 0 Å². The molecule has 0 bridgehead atoms. The molecule has 24 heavy (non-hydrogen) atoms. The molecular formula is C19H27NO4. The van der Waals surface area contributed by atoms with Crippen LogP contribution in [0.3, 0.4) is 0 Å². The van der Waals surface area contributed by atoms with Crippen molar-refractivity contribution >= 4 is 5.91 Å². The summed E-state index contributed by atoms with van der Waals surface area (Å²) >= 11 is 0. The van der Waals surface area contributed by atoms with E-state index in [0.29, 0.717) is 18.9 Å². The molecule has 2 aliphatic heterocycles. The molecule has 1 amide bonds. The van der Waals surface area contributed by atoms with Crippen LogP contribution in [0.1, 0.15) is 48.4 Å². The molecule has 3 heterocycles. The largest absolute Gasteiger partial charge is 0.456 e. The number of nitrogens with zero attached hydrogens (tertiary/aromatic N) is 1. The monoisotopic (exact) mass is 333 g/mol. The Morgan fingerprint density at radius 3 is 3.00 bits per heavy atom. The van der Waals surface area contributed by atoms with Crippen LogP contribution < -0.4 is 0 Å². The summed E-state index contributed by atoms with van der Waals surface area (Å²) in [4.78, 5) is 14.7. The Bertz CT molecular complexity index is 594. The number of hydrogen-bond acceptors (Lipinski definition) is 4. The maximum atomic E-state index is 12.8. The number of rotatable bonds is 5. The number of carbonyl (C=O) groups excluding carboxylic acids is 1. The molecule has 1 aromatic heterocycles. The zero-order valence-electron chi connectivity index (χ0n) is 14.5. The summed E-state index contributed by atoms with van der Waals surface area (Å²) in [6.07, 6.45) is 5.82. The van der Waals surface area contributed by atoms with Gasteiger partial charge in [0.2, 0.25) is 0 Å². The van der Waals surface area contributed by atoms with E-state index in [-0.39, 0.29) is 17.4 Å². The lowest BCUT2D eigenvalue weighted by atomic mass is 9.73. The van der Waals surface area contributed by atoms with Gasteiger partial charge in [-0.05, 0) is 57.1 Å². The molecule has 2 atom stereocenters. The molecule has 0 spiro atoms. The van der Waals surface area contributed by atoms with Crippen molar-refractivity contribution in [3.8, 4) is 0 Å². The number of hydrogen-bond donors (Lipinski definition) is 0. The van der Waals surface area contributed by atoms with E-state index >= 15 is 0 Å². The lowest BCUT2D eigenvalue weighted by molar-refractivity contribution is -0.147. The summed E-state index contributed by atoms with van der Waals surface area (Å²) < 4.78 is 17.6. The first-order chi connectivity index (χ1) is 11.7. The average Bonchev–Trinajstić information content (AvgIpc) is 3.32. The van der Waals surface area contributed by atoms with Crippen LogP contribution in [0.25, 0.3) is 0 Å². The van der Waals surface area contributed by atoms with E-state index in [0.717, 1.165) is 50.7 Å². The number of amides is 1. The van der Waals surface area contributed by atoms with Crippen LogP contribution in [0, 0.1) is 18.3 Å². The zero-order chi connectivity index (χ0) is 16.6. The number of furan rings is 1. The van der Waals surface area contributed by atoms with Gasteiger partial charge in [0.15, 0.2) is 5.76 Å². The van der Waals surface area contributed by atoms with E-state index in [4.69, 9.17) is 13.9 Å². The highest BCUT2D eigenvalue weighted by Gasteiger charge is 2.47. The molecule has 4 rings (SSSR count). The van der Waals surface area contributed by atoms with Gasteiger partial charge in [-0.1, -0.05) is 0 Å². The number of piperidine rings is 1. The molecule has 0 unspecified atom stereocenters. The smallest absolute Gasteiger partial charge is 0.289 e. The molecule has 1 aliphatic carbocycles. The number of carbonyl (C=O) groups is 1. The van der Waals surface area contributed by atoms with Gasteiger partial charge in [-0.25, -0.2) is 0 Å². The third-order valence-corrected chi connectivity index (χ3v) is 5.67. The van der Waals surface area contributed by atoms with Crippen LogP contribution in [-0.2, 0) is 9.47 Å². The summed E-state index contributed by atoms with van der Waals surface area (Å²) in [5, 5.41) is 0. The highest BCUT2D eigenvalue weighted by Crippen LogP contribution is 2.41. The second-order valence-corrected chi connectivity index (χ2v) is 7.71. The fraction of sp³-hybridized carbons (Fsp3) is 0.737. The van der Waals surface area contributed by atoms with Gasteiger partial charge in [0, 0.05) is 31.7 Å². The van der Waals surface area contributed by atoms with E-state index in [9.17, 15) is 4.79 Å². The molecule has 5 nitrogen and oxygen atoms in total. The second-order valence-electron chi connectivity index (χ2n) is 7.71. The Hall–Kier alpha value is -1.33. The van der Waals surface area contributed by atoms with Crippen molar-refractivity contribution in [2.45, 2.75) is 45.1 Å². The first-order valence-electron chi connectivity index (χ1n) is 9.21. The van der Waals surface area contributed by atoms with E-state index in [1.165, 1.54) is 12.8 Å². The Morgan fingerprint density at radius 2 is 2.25 bits per heavy atom. The Morgan fingerprint density at radius 1 is 1.38 bits per heavy atom. The molecule has 2 saturated heterocycles.